The lowest BCUT2D eigenvalue weighted by Crippen LogP contribution is -2.33. The van der Waals surface area contributed by atoms with Crippen molar-refractivity contribution in [1.29, 1.82) is 0 Å². The number of aromatic nitrogens is 3. The number of alkyl halides is 3. The van der Waals surface area contributed by atoms with Crippen LogP contribution in [0.2, 0.25) is 0 Å². The molecular weight excluding hydrogens is 275 g/mol. The lowest BCUT2D eigenvalue weighted by Gasteiger charge is -2.17. The molecule has 108 valence electrons. The Bertz CT molecular complexity index is 598. The van der Waals surface area contributed by atoms with E-state index < -0.39 is 18.2 Å². The Morgan fingerprint density at radius 3 is 2.55 bits per heavy atom. The summed E-state index contributed by atoms with van der Waals surface area (Å²) in [5.74, 6) is -1.54. The molecule has 0 aliphatic heterocycles. The molecule has 5 nitrogen and oxygen atoms in total. The van der Waals surface area contributed by atoms with E-state index in [9.17, 15) is 13.2 Å². The standard InChI is InChI=1S/C12H12F3N3O2/c1-6-4-3-5-8(16-6)10-17-11(20-18-10)7(2)9(19)12(13,14)15/h3-5,7,9,19H,1-2H3. The molecular formula is C12H12F3N3O2. The second kappa shape index (κ2) is 5.20. The Morgan fingerprint density at radius 1 is 1.25 bits per heavy atom. The van der Waals surface area contributed by atoms with Gasteiger partial charge in [0.15, 0.2) is 6.10 Å². The lowest BCUT2D eigenvalue weighted by molar-refractivity contribution is -0.210. The summed E-state index contributed by atoms with van der Waals surface area (Å²) in [4.78, 5) is 8.00. The van der Waals surface area contributed by atoms with Crippen LogP contribution in [0.5, 0.6) is 0 Å². The monoisotopic (exact) mass is 287 g/mol. The zero-order valence-electron chi connectivity index (χ0n) is 10.7. The van der Waals surface area contributed by atoms with E-state index in [1.807, 2.05) is 0 Å². The fourth-order valence-electron chi connectivity index (χ4n) is 1.61. The molecule has 2 rings (SSSR count). The minimum absolute atomic E-state index is 0.0879. The van der Waals surface area contributed by atoms with E-state index in [-0.39, 0.29) is 11.7 Å². The first kappa shape index (κ1) is 14.4. The van der Waals surface area contributed by atoms with Gasteiger partial charge in [-0.15, -0.1) is 0 Å². The molecule has 0 amide bonds. The largest absolute Gasteiger partial charge is 0.415 e. The molecule has 20 heavy (non-hydrogen) atoms. The van der Waals surface area contributed by atoms with E-state index in [0.717, 1.165) is 5.69 Å². The van der Waals surface area contributed by atoms with Crippen molar-refractivity contribution < 1.29 is 22.8 Å². The molecule has 0 bridgehead atoms. The molecule has 0 aliphatic carbocycles. The van der Waals surface area contributed by atoms with Crippen LogP contribution in [0.1, 0.15) is 24.4 Å². The quantitative estimate of drug-likeness (QED) is 0.938. The van der Waals surface area contributed by atoms with Gasteiger partial charge in [-0.2, -0.15) is 18.2 Å². The topological polar surface area (TPSA) is 72.0 Å². The van der Waals surface area contributed by atoms with Crippen LogP contribution in [0.4, 0.5) is 13.2 Å². The van der Waals surface area contributed by atoms with E-state index in [1.54, 1.807) is 25.1 Å². The molecule has 1 N–H and O–H groups in total. The first-order valence-corrected chi connectivity index (χ1v) is 5.81. The van der Waals surface area contributed by atoms with Gasteiger partial charge in [0.2, 0.25) is 11.7 Å². The summed E-state index contributed by atoms with van der Waals surface area (Å²) in [7, 11) is 0. The van der Waals surface area contributed by atoms with Crippen LogP contribution in [-0.4, -0.2) is 32.5 Å². The normalized spacial score (nSPS) is 15.1. The van der Waals surface area contributed by atoms with Crippen molar-refractivity contribution in [2.24, 2.45) is 0 Å². The third-order valence-corrected chi connectivity index (χ3v) is 2.76. The molecule has 2 heterocycles. The number of pyridine rings is 1. The maximum Gasteiger partial charge on any atom is 0.415 e. The van der Waals surface area contributed by atoms with Crippen LogP contribution < -0.4 is 0 Å². The van der Waals surface area contributed by atoms with Gasteiger partial charge in [0, 0.05) is 5.69 Å². The average molecular weight is 287 g/mol. The van der Waals surface area contributed by atoms with Crippen molar-refractivity contribution in [3.8, 4) is 11.5 Å². The minimum atomic E-state index is -4.74. The smallest absolute Gasteiger partial charge is 0.383 e. The maximum absolute atomic E-state index is 12.4. The van der Waals surface area contributed by atoms with Gasteiger partial charge in [0.1, 0.15) is 5.69 Å². The summed E-state index contributed by atoms with van der Waals surface area (Å²) >= 11 is 0. The Kier molecular flexibility index (Phi) is 3.76. The van der Waals surface area contributed by atoms with Gasteiger partial charge >= 0.3 is 6.18 Å². The molecule has 0 aromatic carbocycles. The molecule has 0 fully saturated rings. The second-order valence-electron chi connectivity index (χ2n) is 4.40. The third kappa shape index (κ3) is 2.96. The SMILES string of the molecule is Cc1cccc(-c2noc(C(C)C(O)C(F)(F)F)n2)n1. The zero-order chi connectivity index (χ0) is 14.9. The molecule has 2 aromatic rings. The Hall–Kier alpha value is -1.96. The van der Waals surface area contributed by atoms with Crippen molar-refractivity contribution in [2.45, 2.75) is 32.0 Å². The van der Waals surface area contributed by atoms with Gasteiger partial charge in [-0.3, -0.25) is 0 Å². The van der Waals surface area contributed by atoms with Crippen LogP contribution in [0.25, 0.3) is 11.5 Å². The minimum Gasteiger partial charge on any atom is -0.383 e. The number of nitrogens with zero attached hydrogens (tertiary/aromatic N) is 3. The first-order valence-electron chi connectivity index (χ1n) is 5.81. The average Bonchev–Trinajstić information content (AvgIpc) is 2.85. The zero-order valence-corrected chi connectivity index (χ0v) is 10.7. The molecule has 2 atom stereocenters. The second-order valence-corrected chi connectivity index (χ2v) is 4.40. The molecule has 2 unspecified atom stereocenters. The number of aliphatic hydroxyl groups excluding tert-OH is 1. The number of aryl methyl sites for hydroxylation is 1. The summed E-state index contributed by atoms with van der Waals surface area (Å²) in [6, 6.07) is 5.11. The number of halogens is 3. The highest BCUT2D eigenvalue weighted by molar-refractivity contribution is 5.48. The van der Waals surface area contributed by atoms with Gasteiger partial charge in [0.05, 0.1) is 5.92 Å². The van der Waals surface area contributed by atoms with Crippen molar-refractivity contribution in [3.05, 3.63) is 29.8 Å². The van der Waals surface area contributed by atoms with Crippen LogP contribution in [0.15, 0.2) is 22.7 Å². The van der Waals surface area contributed by atoms with Crippen molar-refractivity contribution in [2.75, 3.05) is 0 Å². The van der Waals surface area contributed by atoms with Gasteiger partial charge < -0.3 is 9.63 Å². The molecule has 0 spiro atoms. The predicted octanol–water partition coefficient (Wildman–Crippen LogP) is 2.47. The predicted molar refractivity (Wildman–Crippen MR) is 62.7 cm³/mol. The molecule has 0 saturated heterocycles. The molecule has 0 saturated carbocycles. The molecule has 8 heteroatoms. The van der Waals surface area contributed by atoms with E-state index in [4.69, 9.17) is 9.63 Å². The fourth-order valence-corrected chi connectivity index (χ4v) is 1.61. The number of hydrogen-bond donors (Lipinski definition) is 1. The van der Waals surface area contributed by atoms with Crippen LogP contribution in [0.3, 0.4) is 0 Å². The molecule has 0 radical (unpaired) electrons. The highest BCUT2D eigenvalue weighted by atomic mass is 19.4. The lowest BCUT2D eigenvalue weighted by atomic mass is 10.0. The Labute approximate surface area is 112 Å². The summed E-state index contributed by atoms with van der Waals surface area (Å²) in [5.41, 5.74) is 1.12. The summed E-state index contributed by atoms with van der Waals surface area (Å²) in [6.45, 7) is 2.93. The summed E-state index contributed by atoms with van der Waals surface area (Å²) < 4.78 is 42.0. The van der Waals surface area contributed by atoms with Crippen molar-refractivity contribution in [3.63, 3.8) is 0 Å². The fraction of sp³-hybridized carbons (Fsp3) is 0.417. The van der Waals surface area contributed by atoms with Crippen LogP contribution in [-0.2, 0) is 0 Å². The number of aliphatic hydroxyl groups is 1. The first-order chi connectivity index (χ1) is 9.29. The summed E-state index contributed by atoms with van der Waals surface area (Å²) in [6.07, 6.45) is -7.29. The van der Waals surface area contributed by atoms with Crippen LogP contribution in [0, 0.1) is 6.92 Å². The van der Waals surface area contributed by atoms with E-state index >= 15 is 0 Å². The maximum atomic E-state index is 12.4. The van der Waals surface area contributed by atoms with Gasteiger partial charge in [-0.25, -0.2) is 4.98 Å². The van der Waals surface area contributed by atoms with Gasteiger partial charge in [-0.1, -0.05) is 18.1 Å². The highest BCUT2D eigenvalue weighted by Crippen LogP contribution is 2.31. The van der Waals surface area contributed by atoms with Crippen molar-refractivity contribution >= 4 is 0 Å². The van der Waals surface area contributed by atoms with E-state index in [0.29, 0.717) is 5.69 Å². The Morgan fingerprint density at radius 2 is 1.95 bits per heavy atom. The van der Waals surface area contributed by atoms with Crippen molar-refractivity contribution in [1.82, 2.24) is 15.1 Å². The summed E-state index contributed by atoms with van der Waals surface area (Å²) in [5, 5.41) is 12.7. The molecule has 2 aromatic heterocycles. The van der Waals surface area contributed by atoms with Gasteiger partial charge in [0.25, 0.3) is 0 Å². The van der Waals surface area contributed by atoms with Crippen LogP contribution >= 0.6 is 0 Å². The Balaban J connectivity index is 2.25. The van der Waals surface area contributed by atoms with E-state index in [2.05, 4.69) is 15.1 Å². The number of hydrogen-bond acceptors (Lipinski definition) is 5. The molecule has 0 aliphatic rings. The number of rotatable bonds is 3. The third-order valence-electron chi connectivity index (χ3n) is 2.76. The van der Waals surface area contributed by atoms with Gasteiger partial charge in [-0.05, 0) is 19.1 Å². The van der Waals surface area contributed by atoms with E-state index in [1.165, 1.54) is 6.92 Å². The highest BCUT2D eigenvalue weighted by Gasteiger charge is 2.44.